The lowest BCUT2D eigenvalue weighted by atomic mass is 10.2. The summed E-state index contributed by atoms with van der Waals surface area (Å²) in [7, 11) is 4.22. The third kappa shape index (κ3) is 5.97. The van der Waals surface area contributed by atoms with Crippen molar-refractivity contribution in [3.05, 3.63) is 44.8 Å². The van der Waals surface area contributed by atoms with Crippen molar-refractivity contribution >= 4 is 28.6 Å². The van der Waals surface area contributed by atoms with Gasteiger partial charge in [0.2, 0.25) is 0 Å². The average molecular weight is 351 g/mol. The van der Waals surface area contributed by atoms with Gasteiger partial charge in [0.05, 0.1) is 12.6 Å². The van der Waals surface area contributed by atoms with Gasteiger partial charge in [0, 0.05) is 22.8 Å². The summed E-state index contributed by atoms with van der Waals surface area (Å²) in [6.45, 7) is 4.62. The summed E-state index contributed by atoms with van der Waals surface area (Å²) in [6.07, 6.45) is 1.03. The summed E-state index contributed by atoms with van der Waals surface area (Å²) < 4.78 is 0. The first-order valence-electron chi connectivity index (χ1n) is 7.95. The fraction of sp³-hybridized carbons (Fsp3) is 0.471. The second-order valence-electron chi connectivity index (χ2n) is 5.47. The molecule has 2 aromatic heterocycles. The second-order valence-corrected chi connectivity index (χ2v) is 7.48. The highest BCUT2D eigenvalue weighted by Gasteiger charge is 2.14. The van der Waals surface area contributed by atoms with E-state index in [0.717, 1.165) is 32.0 Å². The first-order valence-corrected chi connectivity index (χ1v) is 9.71. The number of hydrogen-bond donors (Lipinski definition) is 2. The minimum Gasteiger partial charge on any atom is -0.357 e. The zero-order chi connectivity index (χ0) is 16.5. The summed E-state index contributed by atoms with van der Waals surface area (Å²) in [5.41, 5.74) is 0. The van der Waals surface area contributed by atoms with E-state index in [4.69, 9.17) is 4.99 Å². The molecule has 6 heteroatoms. The van der Waals surface area contributed by atoms with Crippen molar-refractivity contribution in [2.75, 3.05) is 33.7 Å². The van der Waals surface area contributed by atoms with Crippen LogP contribution in [0.25, 0.3) is 0 Å². The second kappa shape index (κ2) is 9.70. The molecule has 0 radical (unpaired) electrons. The maximum atomic E-state index is 4.77. The largest absolute Gasteiger partial charge is 0.357 e. The van der Waals surface area contributed by atoms with Crippen molar-refractivity contribution in [1.29, 1.82) is 0 Å². The minimum absolute atomic E-state index is 0.322. The predicted octanol–water partition coefficient (Wildman–Crippen LogP) is 3.21. The summed E-state index contributed by atoms with van der Waals surface area (Å²) >= 11 is 3.59. The number of thiophene rings is 2. The number of likely N-dealkylation sites (N-methyl/N-ethyl adjacent to an activating group) is 1. The fourth-order valence-electron chi connectivity index (χ4n) is 2.27. The molecule has 2 rings (SSSR count). The monoisotopic (exact) mass is 350 g/mol. The molecule has 23 heavy (non-hydrogen) atoms. The molecule has 2 N–H and O–H groups in total. The zero-order valence-electron chi connectivity index (χ0n) is 14.1. The van der Waals surface area contributed by atoms with Crippen molar-refractivity contribution < 1.29 is 0 Å². The molecule has 0 amide bonds. The van der Waals surface area contributed by atoms with Crippen LogP contribution in [0.5, 0.6) is 0 Å². The fourth-order valence-corrected chi connectivity index (χ4v) is 3.89. The molecule has 0 spiro atoms. The number of hydrogen-bond acceptors (Lipinski definition) is 4. The number of guanidine groups is 1. The Hall–Kier alpha value is -1.37. The van der Waals surface area contributed by atoms with E-state index >= 15 is 0 Å². The quantitative estimate of drug-likeness (QED) is 0.567. The molecule has 2 heterocycles. The average Bonchev–Trinajstić information content (AvgIpc) is 3.20. The Morgan fingerprint density at radius 3 is 2.57 bits per heavy atom. The molecule has 0 bridgehead atoms. The van der Waals surface area contributed by atoms with Crippen molar-refractivity contribution in [3.8, 4) is 0 Å². The van der Waals surface area contributed by atoms with Crippen LogP contribution in [0.2, 0.25) is 0 Å². The van der Waals surface area contributed by atoms with Crippen molar-refractivity contribution in [2.24, 2.45) is 4.99 Å². The summed E-state index contributed by atoms with van der Waals surface area (Å²) in [4.78, 5) is 9.76. The van der Waals surface area contributed by atoms with Gasteiger partial charge in [-0.25, -0.2) is 0 Å². The Kier molecular flexibility index (Phi) is 7.58. The van der Waals surface area contributed by atoms with Gasteiger partial charge in [-0.05, 0) is 50.3 Å². The van der Waals surface area contributed by atoms with Gasteiger partial charge in [0.25, 0.3) is 0 Å². The summed E-state index contributed by atoms with van der Waals surface area (Å²) in [5, 5.41) is 11.0. The Labute approximate surface area is 147 Å². The maximum absolute atomic E-state index is 4.77. The standard InChI is InChI=1S/C17H26N4S2/c1-4-18-17(19-10-9-14-7-5-11-22-14)20-13-15(21(2)3)16-8-6-12-23-16/h5-8,11-12,15H,4,9-10,13H2,1-3H3,(H2,18,19,20). The number of rotatable bonds is 8. The highest BCUT2D eigenvalue weighted by Crippen LogP contribution is 2.23. The lowest BCUT2D eigenvalue weighted by Crippen LogP contribution is -2.39. The van der Waals surface area contributed by atoms with E-state index in [1.807, 2.05) is 0 Å². The minimum atomic E-state index is 0.322. The summed E-state index contributed by atoms with van der Waals surface area (Å²) in [5.74, 6) is 0.896. The summed E-state index contributed by atoms with van der Waals surface area (Å²) in [6, 6.07) is 8.88. The lowest BCUT2D eigenvalue weighted by Gasteiger charge is -2.22. The van der Waals surface area contributed by atoms with Gasteiger partial charge in [0.15, 0.2) is 5.96 Å². The molecule has 1 atom stereocenters. The molecule has 0 aliphatic carbocycles. The van der Waals surface area contributed by atoms with Gasteiger partial charge >= 0.3 is 0 Å². The maximum Gasteiger partial charge on any atom is 0.191 e. The molecular formula is C17H26N4S2. The Morgan fingerprint density at radius 2 is 1.96 bits per heavy atom. The van der Waals surface area contributed by atoms with Gasteiger partial charge in [-0.1, -0.05) is 12.1 Å². The van der Waals surface area contributed by atoms with E-state index in [9.17, 15) is 0 Å². The SMILES string of the molecule is CCNC(=NCC(c1cccs1)N(C)C)NCCc1cccs1. The molecule has 126 valence electrons. The van der Waals surface area contributed by atoms with Crippen molar-refractivity contribution in [1.82, 2.24) is 15.5 Å². The molecule has 4 nitrogen and oxygen atoms in total. The van der Waals surface area contributed by atoms with E-state index in [1.165, 1.54) is 9.75 Å². The van der Waals surface area contributed by atoms with E-state index in [2.05, 4.69) is 71.6 Å². The normalized spacial score (nSPS) is 13.3. The Morgan fingerprint density at radius 1 is 1.17 bits per heavy atom. The lowest BCUT2D eigenvalue weighted by molar-refractivity contribution is 0.310. The third-order valence-electron chi connectivity index (χ3n) is 3.51. The first-order chi connectivity index (χ1) is 11.2. The number of nitrogens with one attached hydrogen (secondary N) is 2. The topological polar surface area (TPSA) is 39.7 Å². The van der Waals surface area contributed by atoms with Gasteiger partial charge in [-0.15, -0.1) is 22.7 Å². The first kappa shape index (κ1) is 18.0. The zero-order valence-corrected chi connectivity index (χ0v) is 15.7. The van der Waals surface area contributed by atoms with Gasteiger partial charge in [-0.2, -0.15) is 0 Å². The van der Waals surface area contributed by atoms with Crippen molar-refractivity contribution in [2.45, 2.75) is 19.4 Å². The smallest absolute Gasteiger partial charge is 0.191 e. The van der Waals surface area contributed by atoms with Crippen molar-refractivity contribution in [3.63, 3.8) is 0 Å². The molecule has 0 fully saturated rings. The van der Waals surface area contributed by atoms with Crippen LogP contribution in [0, 0.1) is 0 Å². The van der Waals surface area contributed by atoms with Crippen LogP contribution in [-0.4, -0.2) is 44.6 Å². The van der Waals surface area contributed by atoms with E-state index in [-0.39, 0.29) is 0 Å². The molecule has 0 aliphatic heterocycles. The third-order valence-corrected chi connectivity index (χ3v) is 5.42. The van der Waals surface area contributed by atoms with Crippen LogP contribution in [0.15, 0.2) is 40.0 Å². The van der Waals surface area contributed by atoms with Gasteiger partial charge < -0.3 is 15.5 Å². The molecular weight excluding hydrogens is 324 g/mol. The van der Waals surface area contributed by atoms with Crippen LogP contribution in [-0.2, 0) is 6.42 Å². The molecule has 2 aromatic rings. The van der Waals surface area contributed by atoms with Crippen LogP contribution in [0.4, 0.5) is 0 Å². The molecule has 0 saturated carbocycles. The highest BCUT2D eigenvalue weighted by atomic mass is 32.1. The van der Waals surface area contributed by atoms with Crippen LogP contribution in [0.1, 0.15) is 22.7 Å². The van der Waals surface area contributed by atoms with Crippen LogP contribution < -0.4 is 10.6 Å². The van der Waals surface area contributed by atoms with Gasteiger partial charge in [-0.3, -0.25) is 4.99 Å². The molecule has 1 unspecified atom stereocenters. The Balaban J connectivity index is 1.91. The predicted molar refractivity (Wildman–Crippen MR) is 103 cm³/mol. The number of nitrogens with zero attached hydrogens (tertiary/aromatic N) is 2. The molecule has 0 saturated heterocycles. The Bertz CT molecular complexity index is 561. The van der Waals surface area contributed by atoms with Crippen LogP contribution >= 0.6 is 22.7 Å². The van der Waals surface area contributed by atoms with Crippen LogP contribution in [0.3, 0.4) is 0 Å². The van der Waals surface area contributed by atoms with Gasteiger partial charge in [0.1, 0.15) is 0 Å². The van der Waals surface area contributed by atoms with E-state index in [0.29, 0.717) is 6.04 Å². The van der Waals surface area contributed by atoms with E-state index < -0.39 is 0 Å². The molecule has 0 aromatic carbocycles. The molecule has 0 aliphatic rings. The number of aliphatic imine (C=N–C) groups is 1. The highest BCUT2D eigenvalue weighted by molar-refractivity contribution is 7.10. The van der Waals surface area contributed by atoms with E-state index in [1.54, 1.807) is 22.7 Å².